The zero-order valence-electron chi connectivity index (χ0n) is 13.6. The summed E-state index contributed by atoms with van der Waals surface area (Å²) in [7, 11) is 0. The molecule has 0 radical (unpaired) electrons. The lowest BCUT2D eigenvalue weighted by Crippen LogP contribution is -2.20. The largest absolute Gasteiger partial charge is 0.494 e. The molecule has 3 rings (SSSR count). The highest BCUT2D eigenvalue weighted by atomic mass is 16.5. The van der Waals surface area contributed by atoms with Crippen molar-refractivity contribution in [3.05, 3.63) is 54.9 Å². The SMILES string of the molecule is CCOc1ccc(NC(=O)COc2cccc(-n3cnnn3)c2)cc1. The van der Waals surface area contributed by atoms with Crippen LogP contribution in [0.5, 0.6) is 11.5 Å². The molecular weight excluding hydrogens is 322 g/mol. The molecule has 25 heavy (non-hydrogen) atoms. The van der Waals surface area contributed by atoms with E-state index in [1.165, 1.54) is 11.0 Å². The van der Waals surface area contributed by atoms with Gasteiger partial charge in [0.05, 0.1) is 12.3 Å². The first-order valence-corrected chi connectivity index (χ1v) is 7.73. The van der Waals surface area contributed by atoms with Crippen molar-refractivity contribution >= 4 is 11.6 Å². The Balaban J connectivity index is 1.54. The maximum Gasteiger partial charge on any atom is 0.262 e. The lowest BCUT2D eigenvalue weighted by molar-refractivity contribution is -0.118. The zero-order valence-corrected chi connectivity index (χ0v) is 13.6. The summed E-state index contributed by atoms with van der Waals surface area (Å²) in [5, 5.41) is 13.7. The van der Waals surface area contributed by atoms with Crippen molar-refractivity contribution in [2.75, 3.05) is 18.5 Å². The number of carbonyl (C=O) groups is 1. The number of aromatic nitrogens is 4. The molecule has 0 saturated heterocycles. The number of nitrogens with one attached hydrogen (secondary N) is 1. The second kappa shape index (κ2) is 7.91. The van der Waals surface area contributed by atoms with Gasteiger partial charge in [-0.15, -0.1) is 5.10 Å². The number of rotatable bonds is 7. The van der Waals surface area contributed by atoms with Gasteiger partial charge in [0.2, 0.25) is 0 Å². The van der Waals surface area contributed by atoms with Gasteiger partial charge in [-0.2, -0.15) is 0 Å². The maximum atomic E-state index is 12.0. The third kappa shape index (κ3) is 4.54. The summed E-state index contributed by atoms with van der Waals surface area (Å²) < 4.78 is 12.4. The number of hydrogen-bond donors (Lipinski definition) is 1. The first kappa shape index (κ1) is 16.4. The Morgan fingerprint density at radius 3 is 2.68 bits per heavy atom. The number of carbonyl (C=O) groups excluding carboxylic acids is 1. The fourth-order valence-corrected chi connectivity index (χ4v) is 2.14. The van der Waals surface area contributed by atoms with Gasteiger partial charge < -0.3 is 14.8 Å². The molecule has 0 saturated carbocycles. The zero-order chi connectivity index (χ0) is 17.5. The van der Waals surface area contributed by atoms with E-state index in [-0.39, 0.29) is 12.5 Å². The number of anilines is 1. The quantitative estimate of drug-likeness (QED) is 0.709. The molecule has 1 aromatic heterocycles. The van der Waals surface area contributed by atoms with Crippen LogP contribution in [0.15, 0.2) is 54.9 Å². The van der Waals surface area contributed by atoms with Gasteiger partial charge in [-0.3, -0.25) is 4.79 Å². The third-order valence-electron chi connectivity index (χ3n) is 3.25. The molecule has 3 aromatic rings. The Morgan fingerprint density at radius 1 is 1.12 bits per heavy atom. The van der Waals surface area contributed by atoms with Crippen LogP contribution in [0.4, 0.5) is 5.69 Å². The molecule has 0 fully saturated rings. The number of benzene rings is 2. The van der Waals surface area contributed by atoms with Crippen LogP contribution >= 0.6 is 0 Å². The minimum absolute atomic E-state index is 0.105. The smallest absolute Gasteiger partial charge is 0.262 e. The molecule has 8 nitrogen and oxygen atoms in total. The van der Waals surface area contributed by atoms with Gasteiger partial charge in [-0.1, -0.05) is 6.07 Å². The number of hydrogen-bond acceptors (Lipinski definition) is 6. The van der Waals surface area contributed by atoms with E-state index in [1.54, 1.807) is 42.5 Å². The third-order valence-corrected chi connectivity index (χ3v) is 3.25. The average molecular weight is 339 g/mol. The molecule has 1 amide bonds. The summed E-state index contributed by atoms with van der Waals surface area (Å²) in [5.74, 6) is 1.06. The molecule has 0 unspecified atom stereocenters. The Morgan fingerprint density at radius 2 is 1.96 bits per heavy atom. The van der Waals surface area contributed by atoms with Crippen LogP contribution in [0, 0.1) is 0 Å². The predicted octanol–water partition coefficient (Wildman–Crippen LogP) is 2.08. The predicted molar refractivity (Wildman–Crippen MR) is 90.9 cm³/mol. The normalized spacial score (nSPS) is 10.3. The van der Waals surface area contributed by atoms with E-state index in [4.69, 9.17) is 9.47 Å². The summed E-state index contributed by atoms with van der Waals surface area (Å²) in [4.78, 5) is 12.0. The second-order valence-electron chi connectivity index (χ2n) is 5.05. The minimum atomic E-state index is -0.253. The standard InChI is InChI=1S/C17H17N5O3/c1-2-24-15-8-6-13(7-9-15)19-17(23)11-25-16-5-3-4-14(10-16)22-12-18-20-21-22/h3-10,12H,2,11H2,1H3,(H,19,23). The highest BCUT2D eigenvalue weighted by molar-refractivity contribution is 5.91. The molecular formula is C17H17N5O3. The van der Waals surface area contributed by atoms with E-state index >= 15 is 0 Å². The van der Waals surface area contributed by atoms with E-state index in [0.717, 1.165) is 11.4 Å². The Hall–Kier alpha value is -3.42. The highest BCUT2D eigenvalue weighted by Gasteiger charge is 2.06. The average Bonchev–Trinajstić information content (AvgIpc) is 3.17. The number of ether oxygens (including phenoxy) is 2. The van der Waals surface area contributed by atoms with Crippen molar-refractivity contribution < 1.29 is 14.3 Å². The molecule has 0 aliphatic carbocycles. The van der Waals surface area contributed by atoms with Crippen LogP contribution in [0.25, 0.3) is 5.69 Å². The van der Waals surface area contributed by atoms with Crippen molar-refractivity contribution in [1.82, 2.24) is 20.2 Å². The molecule has 0 bridgehead atoms. The van der Waals surface area contributed by atoms with Crippen LogP contribution in [0.2, 0.25) is 0 Å². The van der Waals surface area contributed by atoms with E-state index in [1.807, 2.05) is 13.0 Å². The highest BCUT2D eigenvalue weighted by Crippen LogP contribution is 2.17. The molecule has 2 aromatic carbocycles. The summed E-state index contributed by atoms with van der Waals surface area (Å²) in [6.07, 6.45) is 1.48. The molecule has 1 N–H and O–H groups in total. The van der Waals surface area contributed by atoms with Gasteiger partial charge in [0, 0.05) is 11.8 Å². The lowest BCUT2D eigenvalue weighted by atomic mass is 10.3. The summed E-state index contributed by atoms with van der Waals surface area (Å²) in [5.41, 5.74) is 1.42. The Bertz CT molecular complexity index is 819. The van der Waals surface area contributed by atoms with Crippen LogP contribution in [0.1, 0.15) is 6.92 Å². The van der Waals surface area contributed by atoms with Gasteiger partial charge in [-0.05, 0) is 53.7 Å². The van der Waals surface area contributed by atoms with Gasteiger partial charge in [-0.25, -0.2) is 4.68 Å². The molecule has 128 valence electrons. The van der Waals surface area contributed by atoms with Gasteiger partial charge >= 0.3 is 0 Å². The number of nitrogens with zero attached hydrogens (tertiary/aromatic N) is 4. The first-order valence-electron chi connectivity index (χ1n) is 7.73. The van der Waals surface area contributed by atoms with Gasteiger partial charge in [0.15, 0.2) is 6.61 Å². The van der Waals surface area contributed by atoms with E-state index < -0.39 is 0 Å². The molecule has 1 heterocycles. The van der Waals surface area contributed by atoms with Crippen molar-refractivity contribution in [2.45, 2.75) is 6.92 Å². The summed E-state index contributed by atoms with van der Waals surface area (Å²) in [6.45, 7) is 2.41. The molecule has 8 heteroatoms. The topological polar surface area (TPSA) is 91.2 Å². The molecule has 0 aliphatic rings. The Kier molecular flexibility index (Phi) is 5.20. The molecule has 0 atom stereocenters. The molecule has 0 aliphatic heterocycles. The minimum Gasteiger partial charge on any atom is -0.494 e. The fourth-order valence-electron chi connectivity index (χ4n) is 2.14. The van der Waals surface area contributed by atoms with Crippen molar-refractivity contribution in [3.8, 4) is 17.2 Å². The first-order chi connectivity index (χ1) is 12.2. The van der Waals surface area contributed by atoms with Crippen LogP contribution in [-0.2, 0) is 4.79 Å². The van der Waals surface area contributed by atoms with E-state index in [9.17, 15) is 4.79 Å². The number of tetrazole rings is 1. The summed E-state index contributed by atoms with van der Waals surface area (Å²) in [6, 6.07) is 14.3. The Labute approximate surface area is 144 Å². The molecule has 0 spiro atoms. The van der Waals surface area contributed by atoms with Crippen molar-refractivity contribution in [2.24, 2.45) is 0 Å². The fraction of sp³-hybridized carbons (Fsp3) is 0.176. The van der Waals surface area contributed by atoms with Gasteiger partial charge in [0.25, 0.3) is 5.91 Å². The van der Waals surface area contributed by atoms with Gasteiger partial charge in [0.1, 0.15) is 17.8 Å². The lowest BCUT2D eigenvalue weighted by Gasteiger charge is -2.09. The van der Waals surface area contributed by atoms with Crippen LogP contribution in [-0.4, -0.2) is 39.3 Å². The maximum absolute atomic E-state index is 12.0. The van der Waals surface area contributed by atoms with E-state index in [2.05, 4.69) is 20.8 Å². The summed E-state index contributed by atoms with van der Waals surface area (Å²) >= 11 is 0. The van der Waals surface area contributed by atoms with Crippen molar-refractivity contribution in [3.63, 3.8) is 0 Å². The number of amides is 1. The van der Waals surface area contributed by atoms with Crippen molar-refractivity contribution in [1.29, 1.82) is 0 Å². The monoisotopic (exact) mass is 339 g/mol. The van der Waals surface area contributed by atoms with Crippen LogP contribution in [0.3, 0.4) is 0 Å². The van der Waals surface area contributed by atoms with E-state index in [0.29, 0.717) is 18.0 Å². The van der Waals surface area contributed by atoms with Crippen LogP contribution < -0.4 is 14.8 Å². The second-order valence-corrected chi connectivity index (χ2v) is 5.05.